The van der Waals surface area contributed by atoms with Gasteiger partial charge in [0.1, 0.15) is 5.82 Å². The molecule has 0 radical (unpaired) electrons. The molecule has 1 unspecified atom stereocenters. The van der Waals surface area contributed by atoms with Crippen LogP contribution in [0.3, 0.4) is 0 Å². The van der Waals surface area contributed by atoms with E-state index in [1.165, 1.54) is 23.0 Å². The number of hydrogen-bond donors (Lipinski definition) is 2. The standard InChI is InChI=1S/C20H21FN4O2/c1-12-7-8-17(13(2)9-12)25-23-14(3)19(24-25)20(27)22-11-18(26)15-5-4-6-16(21)10-15/h4-10,18,26H,11H2,1-3H3,(H,22,27). The van der Waals surface area contributed by atoms with E-state index in [2.05, 4.69) is 15.5 Å². The quantitative estimate of drug-likeness (QED) is 0.726. The van der Waals surface area contributed by atoms with E-state index in [1.54, 1.807) is 13.0 Å². The summed E-state index contributed by atoms with van der Waals surface area (Å²) in [6.07, 6.45) is -1.01. The number of carbonyl (C=O) groups excluding carboxylic acids is 1. The number of benzene rings is 2. The molecule has 0 bridgehead atoms. The van der Waals surface area contributed by atoms with E-state index < -0.39 is 17.8 Å². The lowest BCUT2D eigenvalue weighted by molar-refractivity contribution is 0.0910. The van der Waals surface area contributed by atoms with Gasteiger partial charge in [0.05, 0.1) is 17.5 Å². The van der Waals surface area contributed by atoms with Gasteiger partial charge in [0.15, 0.2) is 5.69 Å². The Morgan fingerprint density at radius 1 is 1.19 bits per heavy atom. The molecule has 2 N–H and O–H groups in total. The van der Waals surface area contributed by atoms with Crippen LogP contribution in [0.2, 0.25) is 0 Å². The zero-order valence-corrected chi connectivity index (χ0v) is 15.4. The lowest BCUT2D eigenvalue weighted by Crippen LogP contribution is -2.29. The number of aliphatic hydroxyl groups excluding tert-OH is 1. The van der Waals surface area contributed by atoms with Crippen LogP contribution >= 0.6 is 0 Å². The molecular weight excluding hydrogens is 347 g/mol. The van der Waals surface area contributed by atoms with Crippen molar-refractivity contribution in [2.24, 2.45) is 0 Å². The Morgan fingerprint density at radius 2 is 1.96 bits per heavy atom. The number of rotatable bonds is 5. The van der Waals surface area contributed by atoms with Crippen molar-refractivity contribution in [1.82, 2.24) is 20.3 Å². The maximum absolute atomic E-state index is 13.2. The molecule has 0 saturated heterocycles. The molecule has 0 spiro atoms. The minimum atomic E-state index is -1.01. The van der Waals surface area contributed by atoms with Crippen molar-refractivity contribution in [1.29, 1.82) is 0 Å². The maximum atomic E-state index is 13.2. The van der Waals surface area contributed by atoms with Crippen LogP contribution in [0.25, 0.3) is 5.69 Å². The smallest absolute Gasteiger partial charge is 0.273 e. The first-order chi connectivity index (χ1) is 12.8. The first-order valence-electron chi connectivity index (χ1n) is 8.58. The van der Waals surface area contributed by atoms with Crippen LogP contribution in [0.4, 0.5) is 4.39 Å². The number of aromatic nitrogens is 3. The van der Waals surface area contributed by atoms with Crippen LogP contribution in [0.5, 0.6) is 0 Å². The number of hydrogen-bond acceptors (Lipinski definition) is 4. The largest absolute Gasteiger partial charge is 0.387 e. The highest BCUT2D eigenvalue weighted by atomic mass is 19.1. The Bertz CT molecular complexity index is 984. The molecule has 1 heterocycles. The zero-order chi connectivity index (χ0) is 19.6. The molecule has 7 heteroatoms. The molecule has 3 aromatic rings. The molecule has 2 aromatic carbocycles. The third kappa shape index (κ3) is 4.20. The number of aliphatic hydroxyl groups is 1. The molecule has 140 valence electrons. The van der Waals surface area contributed by atoms with E-state index in [0.717, 1.165) is 16.8 Å². The van der Waals surface area contributed by atoms with Gasteiger partial charge in [-0.3, -0.25) is 4.79 Å². The Morgan fingerprint density at radius 3 is 2.67 bits per heavy atom. The SMILES string of the molecule is Cc1ccc(-n2nc(C)c(C(=O)NCC(O)c3cccc(F)c3)n2)c(C)c1. The summed E-state index contributed by atoms with van der Waals surface area (Å²) in [7, 11) is 0. The van der Waals surface area contributed by atoms with Crippen molar-refractivity contribution in [3.8, 4) is 5.69 Å². The van der Waals surface area contributed by atoms with Gasteiger partial charge in [0, 0.05) is 6.54 Å². The topological polar surface area (TPSA) is 80.0 Å². The molecule has 0 saturated carbocycles. The van der Waals surface area contributed by atoms with Crippen molar-refractivity contribution < 1.29 is 14.3 Å². The van der Waals surface area contributed by atoms with E-state index in [4.69, 9.17) is 0 Å². The predicted molar refractivity (Wildman–Crippen MR) is 99.3 cm³/mol. The molecule has 0 aliphatic rings. The van der Waals surface area contributed by atoms with Crippen LogP contribution in [0, 0.1) is 26.6 Å². The highest BCUT2D eigenvalue weighted by Crippen LogP contribution is 2.16. The molecule has 0 aliphatic carbocycles. The third-order valence-corrected chi connectivity index (χ3v) is 4.25. The summed E-state index contributed by atoms with van der Waals surface area (Å²) in [5, 5.41) is 21.4. The van der Waals surface area contributed by atoms with Gasteiger partial charge in [-0.2, -0.15) is 9.90 Å². The molecule has 1 amide bonds. The third-order valence-electron chi connectivity index (χ3n) is 4.25. The van der Waals surface area contributed by atoms with Crippen molar-refractivity contribution in [3.05, 3.63) is 76.4 Å². The second-order valence-corrected chi connectivity index (χ2v) is 6.49. The molecule has 0 aliphatic heterocycles. The summed E-state index contributed by atoms with van der Waals surface area (Å²) in [6.45, 7) is 5.60. The van der Waals surface area contributed by atoms with Gasteiger partial charge in [-0.15, -0.1) is 5.10 Å². The van der Waals surface area contributed by atoms with E-state index in [1.807, 2.05) is 32.0 Å². The lowest BCUT2D eigenvalue weighted by Gasteiger charge is -2.11. The Labute approximate surface area is 156 Å². The molecule has 3 rings (SSSR count). The molecule has 1 atom stereocenters. The maximum Gasteiger partial charge on any atom is 0.273 e. The highest BCUT2D eigenvalue weighted by Gasteiger charge is 2.18. The van der Waals surface area contributed by atoms with Gasteiger partial charge < -0.3 is 10.4 Å². The number of aryl methyl sites for hydroxylation is 3. The fourth-order valence-electron chi connectivity index (χ4n) is 2.83. The first kappa shape index (κ1) is 18.7. The van der Waals surface area contributed by atoms with Gasteiger partial charge >= 0.3 is 0 Å². The van der Waals surface area contributed by atoms with Crippen LogP contribution in [-0.4, -0.2) is 32.6 Å². The van der Waals surface area contributed by atoms with E-state index in [0.29, 0.717) is 11.3 Å². The van der Waals surface area contributed by atoms with E-state index in [-0.39, 0.29) is 12.2 Å². The van der Waals surface area contributed by atoms with Gasteiger partial charge in [-0.25, -0.2) is 4.39 Å². The molecule has 1 aromatic heterocycles. The van der Waals surface area contributed by atoms with Gasteiger partial charge in [-0.1, -0.05) is 29.8 Å². The number of carbonyl (C=O) groups is 1. The number of nitrogens with one attached hydrogen (secondary N) is 1. The number of amides is 1. The minimum Gasteiger partial charge on any atom is -0.387 e. The van der Waals surface area contributed by atoms with Gasteiger partial charge in [0.25, 0.3) is 5.91 Å². The molecule has 0 fully saturated rings. The summed E-state index contributed by atoms with van der Waals surface area (Å²) in [5.41, 5.74) is 3.98. The summed E-state index contributed by atoms with van der Waals surface area (Å²) in [6, 6.07) is 11.5. The van der Waals surface area contributed by atoms with Crippen molar-refractivity contribution in [3.63, 3.8) is 0 Å². The van der Waals surface area contributed by atoms with Crippen molar-refractivity contribution in [2.75, 3.05) is 6.54 Å². The minimum absolute atomic E-state index is 0.0574. The fraction of sp³-hybridized carbons (Fsp3) is 0.250. The Balaban J connectivity index is 1.73. The molecule has 27 heavy (non-hydrogen) atoms. The van der Waals surface area contributed by atoms with Crippen LogP contribution in [0.1, 0.15) is 39.0 Å². The monoisotopic (exact) mass is 368 g/mol. The van der Waals surface area contributed by atoms with Gasteiger partial charge in [-0.05, 0) is 50.1 Å². The van der Waals surface area contributed by atoms with Crippen LogP contribution < -0.4 is 5.32 Å². The first-order valence-corrected chi connectivity index (χ1v) is 8.58. The molecule has 6 nitrogen and oxygen atoms in total. The van der Waals surface area contributed by atoms with Crippen molar-refractivity contribution >= 4 is 5.91 Å². The van der Waals surface area contributed by atoms with Gasteiger partial charge in [0.2, 0.25) is 0 Å². The van der Waals surface area contributed by atoms with E-state index in [9.17, 15) is 14.3 Å². The highest BCUT2D eigenvalue weighted by molar-refractivity contribution is 5.93. The Kier molecular flexibility index (Phi) is 5.32. The van der Waals surface area contributed by atoms with Crippen LogP contribution in [0.15, 0.2) is 42.5 Å². The lowest BCUT2D eigenvalue weighted by atomic mass is 10.1. The van der Waals surface area contributed by atoms with E-state index >= 15 is 0 Å². The average molecular weight is 368 g/mol. The predicted octanol–water partition coefficient (Wildman–Crippen LogP) is 2.80. The second-order valence-electron chi connectivity index (χ2n) is 6.49. The average Bonchev–Trinajstić information content (AvgIpc) is 3.01. The number of halogens is 1. The normalized spacial score (nSPS) is 12.0. The summed E-state index contributed by atoms with van der Waals surface area (Å²) in [4.78, 5) is 13.9. The summed E-state index contributed by atoms with van der Waals surface area (Å²) < 4.78 is 13.2. The fourth-order valence-corrected chi connectivity index (χ4v) is 2.83. The summed E-state index contributed by atoms with van der Waals surface area (Å²) in [5.74, 6) is -0.885. The second kappa shape index (κ2) is 7.67. The van der Waals surface area contributed by atoms with Crippen molar-refractivity contribution in [2.45, 2.75) is 26.9 Å². The number of nitrogens with zero attached hydrogens (tertiary/aromatic N) is 3. The molecular formula is C20H21FN4O2. The zero-order valence-electron chi connectivity index (χ0n) is 15.4. The van der Waals surface area contributed by atoms with Crippen LogP contribution in [-0.2, 0) is 0 Å². The Hall–Kier alpha value is -3.06. The summed E-state index contributed by atoms with van der Waals surface area (Å²) >= 11 is 0.